The second-order valence-corrected chi connectivity index (χ2v) is 6.20. The van der Waals surface area contributed by atoms with Gasteiger partial charge in [-0.2, -0.15) is 0 Å². The van der Waals surface area contributed by atoms with E-state index in [-0.39, 0.29) is 10.9 Å². The van der Waals surface area contributed by atoms with Gasteiger partial charge in [0.2, 0.25) is 0 Å². The third-order valence-electron chi connectivity index (χ3n) is 3.85. The summed E-state index contributed by atoms with van der Waals surface area (Å²) in [6, 6.07) is 14.9. The molecule has 2 aromatic carbocycles. The molecule has 0 saturated carbocycles. The highest BCUT2D eigenvalue weighted by atomic mass is 79.9. The standard InChI is InChI=1S/C17H17BrO/c1-11-7-8-14(9-12(11)2)17(18)16-10-13-5-3-4-6-15(13)19-16/h3-9,16-17H,10H2,1-2H3. The van der Waals surface area contributed by atoms with Crippen LogP contribution in [0.4, 0.5) is 0 Å². The van der Waals surface area contributed by atoms with Crippen LogP contribution in [0.15, 0.2) is 42.5 Å². The number of ether oxygens (including phenoxy) is 1. The lowest BCUT2D eigenvalue weighted by Crippen LogP contribution is -2.19. The average molecular weight is 317 g/mol. The van der Waals surface area contributed by atoms with E-state index >= 15 is 0 Å². The molecule has 0 fully saturated rings. The van der Waals surface area contributed by atoms with Crippen LogP contribution in [0.3, 0.4) is 0 Å². The lowest BCUT2D eigenvalue weighted by Gasteiger charge is -2.19. The number of para-hydroxylation sites is 1. The number of halogens is 1. The Morgan fingerprint density at radius 1 is 1.11 bits per heavy atom. The quantitative estimate of drug-likeness (QED) is 0.727. The first-order chi connectivity index (χ1) is 9.15. The van der Waals surface area contributed by atoms with Gasteiger partial charge in [-0.15, -0.1) is 0 Å². The molecule has 2 heteroatoms. The van der Waals surface area contributed by atoms with Gasteiger partial charge >= 0.3 is 0 Å². The van der Waals surface area contributed by atoms with E-state index in [0.717, 1.165) is 12.2 Å². The molecule has 0 N–H and O–H groups in total. The summed E-state index contributed by atoms with van der Waals surface area (Å²) in [5.41, 5.74) is 5.26. The molecule has 0 saturated heterocycles. The number of hydrogen-bond donors (Lipinski definition) is 0. The summed E-state index contributed by atoms with van der Waals surface area (Å²) in [5.74, 6) is 1.03. The van der Waals surface area contributed by atoms with E-state index in [1.54, 1.807) is 0 Å². The monoisotopic (exact) mass is 316 g/mol. The second kappa shape index (κ2) is 5.01. The van der Waals surface area contributed by atoms with Crippen LogP contribution in [0.1, 0.15) is 27.1 Å². The summed E-state index contributed by atoms with van der Waals surface area (Å²) in [7, 11) is 0. The van der Waals surface area contributed by atoms with Crippen LogP contribution in [-0.2, 0) is 6.42 Å². The smallest absolute Gasteiger partial charge is 0.123 e. The Morgan fingerprint density at radius 2 is 1.89 bits per heavy atom. The zero-order valence-electron chi connectivity index (χ0n) is 11.2. The highest BCUT2D eigenvalue weighted by Crippen LogP contribution is 2.38. The number of hydrogen-bond acceptors (Lipinski definition) is 1. The molecule has 0 aliphatic carbocycles. The van der Waals surface area contributed by atoms with Gasteiger partial charge in [0.1, 0.15) is 11.9 Å². The molecule has 3 rings (SSSR count). The van der Waals surface area contributed by atoms with Crippen molar-refractivity contribution in [1.29, 1.82) is 0 Å². The minimum atomic E-state index is 0.180. The summed E-state index contributed by atoms with van der Waals surface area (Å²) >= 11 is 3.81. The second-order valence-electron chi connectivity index (χ2n) is 5.21. The molecule has 1 heterocycles. The summed E-state index contributed by atoms with van der Waals surface area (Å²) in [4.78, 5) is 0.235. The Labute approximate surface area is 122 Å². The van der Waals surface area contributed by atoms with Crippen molar-refractivity contribution in [1.82, 2.24) is 0 Å². The molecule has 1 nitrogen and oxygen atoms in total. The van der Waals surface area contributed by atoms with Gasteiger partial charge in [-0.25, -0.2) is 0 Å². The zero-order chi connectivity index (χ0) is 13.4. The number of fused-ring (bicyclic) bond motifs is 1. The summed E-state index contributed by atoms with van der Waals surface area (Å²) in [6.45, 7) is 4.30. The Morgan fingerprint density at radius 3 is 2.63 bits per heavy atom. The molecule has 2 aromatic rings. The van der Waals surface area contributed by atoms with Crippen molar-refractivity contribution in [2.24, 2.45) is 0 Å². The van der Waals surface area contributed by atoms with E-state index in [1.807, 2.05) is 6.07 Å². The van der Waals surface area contributed by atoms with E-state index in [4.69, 9.17) is 4.74 Å². The largest absolute Gasteiger partial charge is 0.488 e. The first-order valence-corrected chi connectivity index (χ1v) is 7.52. The van der Waals surface area contributed by atoms with Gasteiger partial charge in [0, 0.05) is 6.42 Å². The predicted molar refractivity (Wildman–Crippen MR) is 82.1 cm³/mol. The van der Waals surface area contributed by atoms with Crippen molar-refractivity contribution in [3.63, 3.8) is 0 Å². The molecule has 98 valence electrons. The average Bonchev–Trinajstić information content (AvgIpc) is 2.85. The summed E-state index contributed by atoms with van der Waals surface area (Å²) in [6.07, 6.45) is 1.15. The fourth-order valence-electron chi connectivity index (χ4n) is 2.52. The van der Waals surface area contributed by atoms with Gasteiger partial charge in [-0.1, -0.05) is 52.3 Å². The maximum absolute atomic E-state index is 6.05. The SMILES string of the molecule is Cc1ccc(C(Br)C2Cc3ccccc3O2)cc1C. The number of benzene rings is 2. The lowest BCUT2D eigenvalue weighted by atomic mass is 10.00. The predicted octanol–water partition coefficient (Wildman–Crippen LogP) is 4.74. The molecule has 2 unspecified atom stereocenters. The van der Waals surface area contributed by atoms with E-state index in [9.17, 15) is 0 Å². The van der Waals surface area contributed by atoms with E-state index in [2.05, 4.69) is 66.2 Å². The van der Waals surface area contributed by atoms with Gasteiger partial charge < -0.3 is 4.74 Å². The zero-order valence-corrected chi connectivity index (χ0v) is 12.8. The van der Waals surface area contributed by atoms with Gasteiger partial charge in [-0.3, -0.25) is 0 Å². The molecule has 0 aromatic heterocycles. The van der Waals surface area contributed by atoms with Crippen molar-refractivity contribution < 1.29 is 4.74 Å². The summed E-state index contributed by atoms with van der Waals surface area (Å²) < 4.78 is 6.05. The van der Waals surface area contributed by atoms with E-state index < -0.39 is 0 Å². The molecule has 1 aliphatic heterocycles. The molecule has 0 bridgehead atoms. The van der Waals surface area contributed by atoms with Crippen molar-refractivity contribution in [3.05, 3.63) is 64.7 Å². The topological polar surface area (TPSA) is 9.23 Å². The molecule has 2 atom stereocenters. The van der Waals surface area contributed by atoms with Crippen LogP contribution in [0, 0.1) is 13.8 Å². The van der Waals surface area contributed by atoms with Gasteiger partial charge in [0.25, 0.3) is 0 Å². The minimum Gasteiger partial charge on any atom is -0.488 e. The van der Waals surface area contributed by atoms with Gasteiger partial charge in [-0.05, 0) is 42.2 Å². The fourth-order valence-corrected chi connectivity index (χ4v) is 3.10. The molecule has 0 amide bonds. The van der Waals surface area contributed by atoms with E-state index in [1.165, 1.54) is 22.3 Å². The Balaban J connectivity index is 1.82. The molecule has 0 spiro atoms. The third kappa shape index (κ3) is 2.42. The van der Waals surface area contributed by atoms with Crippen LogP contribution >= 0.6 is 15.9 Å². The Hall–Kier alpha value is -1.28. The van der Waals surface area contributed by atoms with Gasteiger partial charge in [0.05, 0.1) is 4.83 Å². The minimum absolute atomic E-state index is 0.180. The van der Waals surface area contributed by atoms with Crippen molar-refractivity contribution in [2.45, 2.75) is 31.2 Å². The molecule has 19 heavy (non-hydrogen) atoms. The highest BCUT2D eigenvalue weighted by molar-refractivity contribution is 9.09. The highest BCUT2D eigenvalue weighted by Gasteiger charge is 2.29. The van der Waals surface area contributed by atoms with Crippen molar-refractivity contribution in [3.8, 4) is 5.75 Å². The van der Waals surface area contributed by atoms with E-state index in [0.29, 0.717) is 0 Å². The Kier molecular flexibility index (Phi) is 3.36. The van der Waals surface area contributed by atoms with Crippen LogP contribution in [0.2, 0.25) is 0 Å². The maximum atomic E-state index is 6.05. The first kappa shape index (κ1) is 12.7. The lowest BCUT2D eigenvalue weighted by molar-refractivity contribution is 0.232. The van der Waals surface area contributed by atoms with Crippen LogP contribution in [0.25, 0.3) is 0 Å². The third-order valence-corrected chi connectivity index (χ3v) is 4.97. The number of rotatable bonds is 2. The summed E-state index contributed by atoms with van der Waals surface area (Å²) in [5, 5.41) is 0. The fraction of sp³-hybridized carbons (Fsp3) is 0.294. The molecular formula is C17H17BrO. The normalized spacial score (nSPS) is 18.8. The van der Waals surface area contributed by atoms with Crippen LogP contribution in [0.5, 0.6) is 5.75 Å². The first-order valence-electron chi connectivity index (χ1n) is 6.61. The maximum Gasteiger partial charge on any atom is 0.123 e. The Bertz CT molecular complexity index is 581. The van der Waals surface area contributed by atoms with Crippen LogP contribution < -0.4 is 4.74 Å². The van der Waals surface area contributed by atoms with Gasteiger partial charge in [0.15, 0.2) is 0 Å². The number of aryl methyl sites for hydroxylation is 2. The molecular weight excluding hydrogens is 300 g/mol. The van der Waals surface area contributed by atoms with Crippen LogP contribution in [-0.4, -0.2) is 6.10 Å². The number of alkyl halides is 1. The van der Waals surface area contributed by atoms with Crippen molar-refractivity contribution in [2.75, 3.05) is 0 Å². The molecule has 0 radical (unpaired) electrons. The molecule has 1 aliphatic rings. The van der Waals surface area contributed by atoms with Crippen molar-refractivity contribution >= 4 is 15.9 Å².